The van der Waals surface area contributed by atoms with E-state index in [0.717, 1.165) is 24.8 Å². The van der Waals surface area contributed by atoms with Crippen LogP contribution in [0.5, 0.6) is 0 Å². The summed E-state index contributed by atoms with van der Waals surface area (Å²) in [5, 5.41) is 0. The van der Waals surface area contributed by atoms with Gasteiger partial charge in [0, 0.05) is 5.69 Å². The van der Waals surface area contributed by atoms with Crippen molar-refractivity contribution >= 4 is 21.4 Å². The van der Waals surface area contributed by atoms with Crippen molar-refractivity contribution in [3.05, 3.63) is 23.8 Å². The Morgan fingerprint density at radius 3 is 2.65 bits per heavy atom. The highest BCUT2D eigenvalue weighted by molar-refractivity contribution is 7.92. The third-order valence-electron chi connectivity index (χ3n) is 2.95. The normalized spacial score (nSPS) is 15.8. The number of benzene rings is 1. The zero-order valence-electron chi connectivity index (χ0n) is 9.94. The second-order valence-electron chi connectivity index (χ2n) is 4.59. The van der Waals surface area contributed by atoms with Gasteiger partial charge in [-0.2, -0.15) is 0 Å². The Morgan fingerprint density at radius 2 is 2.12 bits per heavy atom. The van der Waals surface area contributed by atoms with E-state index in [-0.39, 0.29) is 5.75 Å². The predicted molar refractivity (Wildman–Crippen MR) is 70.4 cm³/mol. The average Bonchev–Trinajstić information content (AvgIpc) is 3.00. The van der Waals surface area contributed by atoms with Crippen LogP contribution in [0, 0.1) is 5.92 Å². The summed E-state index contributed by atoms with van der Waals surface area (Å²) < 4.78 is 26.1. The highest BCUT2D eigenvalue weighted by Gasteiger charge is 2.27. The molecule has 1 fully saturated rings. The summed E-state index contributed by atoms with van der Waals surface area (Å²) in [7, 11) is -3.21. The second-order valence-corrected chi connectivity index (χ2v) is 6.36. The van der Waals surface area contributed by atoms with Gasteiger partial charge < -0.3 is 5.73 Å². The third-order valence-corrected chi connectivity index (χ3v) is 4.41. The van der Waals surface area contributed by atoms with E-state index in [4.69, 9.17) is 5.73 Å². The van der Waals surface area contributed by atoms with Crippen LogP contribution in [0.4, 0.5) is 11.4 Å². The maximum atomic E-state index is 11.8. The molecule has 0 aliphatic heterocycles. The van der Waals surface area contributed by atoms with E-state index >= 15 is 0 Å². The summed E-state index contributed by atoms with van der Waals surface area (Å²) in [4.78, 5) is 0. The lowest BCUT2D eigenvalue weighted by atomic mass is 10.1. The fourth-order valence-electron chi connectivity index (χ4n) is 1.80. The Kier molecular flexibility index (Phi) is 3.28. The van der Waals surface area contributed by atoms with Gasteiger partial charge in [0.15, 0.2) is 0 Å². The Labute approximate surface area is 102 Å². The largest absolute Gasteiger partial charge is 0.398 e. The van der Waals surface area contributed by atoms with Crippen molar-refractivity contribution in [1.29, 1.82) is 0 Å². The number of rotatable bonds is 5. The summed E-state index contributed by atoms with van der Waals surface area (Å²) in [6, 6.07) is 5.31. The lowest BCUT2D eigenvalue weighted by Crippen LogP contribution is -2.18. The van der Waals surface area contributed by atoms with Gasteiger partial charge in [0.2, 0.25) is 10.0 Å². The predicted octanol–water partition coefficient (Wildman–Crippen LogP) is 1.98. The number of aryl methyl sites for hydroxylation is 1. The van der Waals surface area contributed by atoms with Crippen LogP contribution in [0.15, 0.2) is 18.2 Å². The first kappa shape index (κ1) is 12.2. The van der Waals surface area contributed by atoms with Gasteiger partial charge in [0.05, 0.1) is 11.4 Å². The molecule has 0 atom stereocenters. The van der Waals surface area contributed by atoms with Crippen LogP contribution in [0.25, 0.3) is 0 Å². The first-order chi connectivity index (χ1) is 8.00. The van der Waals surface area contributed by atoms with E-state index < -0.39 is 10.0 Å². The number of hydrogen-bond acceptors (Lipinski definition) is 3. The van der Waals surface area contributed by atoms with Gasteiger partial charge in [-0.15, -0.1) is 0 Å². The van der Waals surface area contributed by atoms with Crippen LogP contribution >= 0.6 is 0 Å². The van der Waals surface area contributed by atoms with E-state index in [2.05, 4.69) is 4.72 Å². The molecule has 1 aliphatic rings. The van der Waals surface area contributed by atoms with Gasteiger partial charge in [-0.3, -0.25) is 4.72 Å². The maximum Gasteiger partial charge on any atom is 0.232 e. The Balaban J connectivity index is 2.09. The van der Waals surface area contributed by atoms with Gasteiger partial charge in [0.25, 0.3) is 0 Å². The van der Waals surface area contributed by atoms with E-state index in [0.29, 0.717) is 17.3 Å². The SMILES string of the molecule is CCc1ccc(NS(=O)(=O)CC2CC2)cc1N. The summed E-state index contributed by atoms with van der Waals surface area (Å²) >= 11 is 0. The molecule has 2 rings (SSSR count). The standard InChI is InChI=1S/C12H18N2O2S/c1-2-10-5-6-11(7-12(10)13)14-17(15,16)8-9-3-4-9/h5-7,9,14H,2-4,8,13H2,1H3. The zero-order valence-corrected chi connectivity index (χ0v) is 10.8. The van der Waals surface area contributed by atoms with Crippen molar-refractivity contribution in [2.24, 2.45) is 5.92 Å². The van der Waals surface area contributed by atoms with Crippen molar-refractivity contribution in [3.63, 3.8) is 0 Å². The van der Waals surface area contributed by atoms with Crippen molar-refractivity contribution < 1.29 is 8.42 Å². The van der Waals surface area contributed by atoms with E-state index in [1.807, 2.05) is 13.0 Å². The van der Waals surface area contributed by atoms with Crippen LogP contribution in [0.1, 0.15) is 25.3 Å². The van der Waals surface area contributed by atoms with Gasteiger partial charge in [-0.05, 0) is 42.9 Å². The van der Waals surface area contributed by atoms with E-state index in [1.165, 1.54) is 0 Å². The van der Waals surface area contributed by atoms with Crippen LogP contribution in [0.2, 0.25) is 0 Å². The molecule has 0 amide bonds. The van der Waals surface area contributed by atoms with Crippen molar-refractivity contribution in [2.75, 3.05) is 16.2 Å². The first-order valence-corrected chi connectivity index (χ1v) is 7.54. The molecule has 5 heteroatoms. The molecule has 1 aromatic carbocycles. The number of sulfonamides is 1. The number of nitrogen functional groups attached to an aromatic ring is 1. The van der Waals surface area contributed by atoms with Crippen LogP contribution in [-0.4, -0.2) is 14.2 Å². The van der Waals surface area contributed by atoms with E-state index in [1.54, 1.807) is 12.1 Å². The lowest BCUT2D eigenvalue weighted by Gasteiger charge is -2.10. The minimum atomic E-state index is -3.21. The first-order valence-electron chi connectivity index (χ1n) is 5.89. The zero-order chi connectivity index (χ0) is 12.5. The molecule has 17 heavy (non-hydrogen) atoms. The molecule has 3 N–H and O–H groups in total. The smallest absolute Gasteiger partial charge is 0.232 e. The fraction of sp³-hybridized carbons (Fsp3) is 0.500. The Hall–Kier alpha value is -1.23. The quantitative estimate of drug-likeness (QED) is 0.789. The molecule has 0 heterocycles. The van der Waals surface area contributed by atoms with E-state index in [9.17, 15) is 8.42 Å². The Bertz CT molecular complexity index is 507. The average molecular weight is 254 g/mol. The van der Waals surface area contributed by atoms with Gasteiger partial charge >= 0.3 is 0 Å². The van der Waals surface area contributed by atoms with Crippen LogP contribution < -0.4 is 10.5 Å². The topological polar surface area (TPSA) is 72.2 Å². The van der Waals surface area contributed by atoms with Gasteiger partial charge in [-0.25, -0.2) is 8.42 Å². The summed E-state index contributed by atoms with van der Waals surface area (Å²) in [6.07, 6.45) is 2.90. The monoisotopic (exact) mass is 254 g/mol. The van der Waals surface area contributed by atoms with Crippen LogP contribution in [0.3, 0.4) is 0 Å². The minimum absolute atomic E-state index is 0.225. The molecular formula is C12H18N2O2S. The lowest BCUT2D eigenvalue weighted by molar-refractivity contribution is 0.597. The molecule has 0 bridgehead atoms. The molecule has 0 aromatic heterocycles. The van der Waals surface area contributed by atoms with Gasteiger partial charge in [0.1, 0.15) is 0 Å². The van der Waals surface area contributed by atoms with Crippen molar-refractivity contribution in [2.45, 2.75) is 26.2 Å². The number of nitrogens with one attached hydrogen (secondary N) is 1. The number of hydrogen-bond donors (Lipinski definition) is 2. The minimum Gasteiger partial charge on any atom is -0.398 e. The highest BCUT2D eigenvalue weighted by Crippen LogP contribution is 2.31. The molecular weight excluding hydrogens is 236 g/mol. The summed E-state index contributed by atoms with van der Waals surface area (Å²) in [5.74, 6) is 0.572. The maximum absolute atomic E-state index is 11.8. The van der Waals surface area contributed by atoms with Crippen molar-refractivity contribution in [3.8, 4) is 0 Å². The molecule has 0 unspecified atom stereocenters. The van der Waals surface area contributed by atoms with Crippen molar-refractivity contribution in [1.82, 2.24) is 0 Å². The molecule has 1 aromatic rings. The summed E-state index contributed by atoms with van der Waals surface area (Å²) in [6.45, 7) is 2.02. The second kappa shape index (κ2) is 4.56. The molecule has 0 spiro atoms. The molecule has 4 nitrogen and oxygen atoms in total. The molecule has 0 saturated heterocycles. The van der Waals surface area contributed by atoms with Crippen LogP contribution in [-0.2, 0) is 16.4 Å². The summed E-state index contributed by atoms with van der Waals surface area (Å²) in [5.41, 5.74) is 8.06. The number of anilines is 2. The third kappa shape index (κ3) is 3.36. The molecule has 94 valence electrons. The Morgan fingerprint density at radius 1 is 1.41 bits per heavy atom. The molecule has 0 radical (unpaired) electrons. The molecule has 1 aliphatic carbocycles. The molecule has 1 saturated carbocycles. The highest BCUT2D eigenvalue weighted by atomic mass is 32.2. The number of nitrogens with two attached hydrogens (primary N) is 1. The van der Waals surface area contributed by atoms with Gasteiger partial charge in [-0.1, -0.05) is 13.0 Å². The fourth-order valence-corrected chi connectivity index (χ4v) is 3.32.